The van der Waals surface area contributed by atoms with Crippen molar-refractivity contribution in [3.63, 3.8) is 0 Å². The number of nitrogens with zero attached hydrogens (tertiary/aromatic N) is 4. The summed E-state index contributed by atoms with van der Waals surface area (Å²) < 4.78 is 2.01. The van der Waals surface area contributed by atoms with Gasteiger partial charge in [0.1, 0.15) is 0 Å². The van der Waals surface area contributed by atoms with E-state index >= 15 is 0 Å². The smallest absolute Gasteiger partial charge is 0.336 e. The van der Waals surface area contributed by atoms with E-state index in [0.29, 0.717) is 28.6 Å². The van der Waals surface area contributed by atoms with Crippen LogP contribution in [0.4, 0.5) is 5.82 Å². The van der Waals surface area contributed by atoms with Crippen LogP contribution in [0.2, 0.25) is 5.28 Å². The number of hydrogen-bond acceptors (Lipinski definition) is 6. The number of carboxylic acid groups (broad SMARTS) is 2. The van der Waals surface area contributed by atoms with Crippen LogP contribution in [-0.2, 0) is 6.54 Å². The van der Waals surface area contributed by atoms with Crippen molar-refractivity contribution >= 4 is 40.5 Å². The van der Waals surface area contributed by atoms with E-state index in [0.717, 1.165) is 25.7 Å². The average Bonchev–Trinajstić information content (AvgIpc) is 3.34. The van der Waals surface area contributed by atoms with Crippen LogP contribution in [0.1, 0.15) is 58.0 Å². The Balaban J connectivity index is 1.68. The zero-order valence-corrected chi connectivity index (χ0v) is 16.1. The van der Waals surface area contributed by atoms with Crippen LogP contribution < -0.4 is 5.32 Å². The molecule has 9 nitrogen and oxygen atoms in total. The Morgan fingerprint density at radius 2 is 1.93 bits per heavy atom. The van der Waals surface area contributed by atoms with Gasteiger partial charge >= 0.3 is 11.9 Å². The maximum absolute atomic E-state index is 11.6. The van der Waals surface area contributed by atoms with Crippen molar-refractivity contribution in [1.82, 2.24) is 19.5 Å². The van der Waals surface area contributed by atoms with E-state index in [4.69, 9.17) is 11.6 Å². The summed E-state index contributed by atoms with van der Waals surface area (Å²) in [5.74, 6) is -2.24. The average molecular weight is 416 g/mol. The normalized spacial score (nSPS) is 14.4. The molecule has 0 bridgehead atoms. The molecule has 3 aromatic rings. The fourth-order valence-electron chi connectivity index (χ4n) is 3.82. The van der Waals surface area contributed by atoms with Crippen LogP contribution in [0.25, 0.3) is 11.2 Å². The van der Waals surface area contributed by atoms with Gasteiger partial charge in [0.05, 0.1) is 17.5 Å². The van der Waals surface area contributed by atoms with Gasteiger partial charge in [-0.15, -0.1) is 0 Å². The molecule has 0 atom stereocenters. The van der Waals surface area contributed by atoms with Crippen LogP contribution in [0.3, 0.4) is 0 Å². The van der Waals surface area contributed by atoms with E-state index in [9.17, 15) is 19.8 Å². The molecule has 0 aliphatic heterocycles. The highest BCUT2D eigenvalue weighted by molar-refractivity contribution is 6.28. The number of fused-ring (bicyclic) bond motifs is 1. The molecule has 1 aliphatic carbocycles. The maximum Gasteiger partial charge on any atom is 0.336 e. The number of hydrogen-bond donors (Lipinski definition) is 3. The monoisotopic (exact) mass is 415 g/mol. The van der Waals surface area contributed by atoms with E-state index in [1.165, 1.54) is 12.1 Å². The molecule has 0 spiro atoms. The topological polar surface area (TPSA) is 130 Å². The minimum Gasteiger partial charge on any atom is -0.478 e. The number of carbonyl (C=O) groups is 2. The lowest BCUT2D eigenvalue weighted by Crippen LogP contribution is -2.14. The molecule has 0 radical (unpaired) electrons. The molecule has 1 saturated carbocycles. The summed E-state index contributed by atoms with van der Waals surface area (Å²) in [6.07, 6.45) is 6.16. The molecule has 1 aromatic carbocycles. The zero-order valence-electron chi connectivity index (χ0n) is 15.3. The molecular weight excluding hydrogens is 398 g/mol. The van der Waals surface area contributed by atoms with Gasteiger partial charge in [-0.05, 0) is 36.1 Å². The Labute approximate surface area is 170 Å². The fraction of sp³-hybridized carbons (Fsp3) is 0.316. The lowest BCUT2D eigenvalue weighted by atomic mass is 10.0. The van der Waals surface area contributed by atoms with E-state index in [2.05, 4.69) is 20.3 Å². The number of halogens is 1. The Kier molecular flexibility index (Phi) is 5.06. The number of nitrogens with one attached hydrogen (secondary N) is 1. The second kappa shape index (κ2) is 7.67. The molecule has 3 N–H and O–H groups in total. The van der Waals surface area contributed by atoms with Gasteiger partial charge in [-0.25, -0.2) is 14.6 Å². The van der Waals surface area contributed by atoms with Gasteiger partial charge in [-0.2, -0.15) is 9.97 Å². The number of aromatic nitrogens is 4. The van der Waals surface area contributed by atoms with Crippen molar-refractivity contribution in [1.29, 1.82) is 0 Å². The van der Waals surface area contributed by atoms with Gasteiger partial charge in [0.15, 0.2) is 17.0 Å². The summed E-state index contributed by atoms with van der Waals surface area (Å²) in [6, 6.07) is 4.65. The molecule has 0 unspecified atom stereocenters. The summed E-state index contributed by atoms with van der Waals surface area (Å²) in [6.45, 7) is 0.0431. The lowest BCUT2D eigenvalue weighted by Gasteiger charge is -2.13. The van der Waals surface area contributed by atoms with Crippen molar-refractivity contribution in [3.8, 4) is 0 Å². The van der Waals surface area contributed by atoms with Crippen LogP contribution in [0, 0.1) is 0 Å². The third kappa shape index (κ3) is 3.61. The summed E-state index contributed by atoms with van der Waals surface area (Å²) in [7, 11) is 0. The predicted octanol–water partition coefficient (Wildman–Crippen LogP) is 3.60. The minimum atomic E-state index is -1.31. The molecule has 1 aliphatic rings. The molecule has 0 amide bonds. The molecule has 1 fully saturated rings. The second-order valence-corrected chi connectivity index (χ2v) is 7.25. The van der Waals surface area contributed by atoms with E-state index in [1.54, 1.807) is 12.4 Å². The van der Waals surface area contributed by atoms with Gasteiger partial charge in [-0.1, -0.05) is 25.0 Å². The van der Waals surface area contributed by atoms with Gasteiger partial charge in [-0.3, -0.25) is 0 Å². The maximum atomic E-state index is 11.6. The Morgan fingerprint density at radius 3 is 2.62 bits per heavy atom. The van der Waals surface area contributed by atoms with Crippen LogP contribution >= 0.6 is 11.6 Å². The van der Waals surface area contributed by atoms with Crippen LogP contribution in [0.5, 0.6) is 0 Å². The first kappa shape index (κ1) is 19.1. The Hall–Kier alpha value is -3.20. The van der Waals surface area contributed by atoms with Crippen LogP contribution in [-0.4, -0.2) is 41.7 Å². The highest BCUT2D eigenvalue weighted by Crippen LogP contribution is 2.33. The summed E-state index contributed by atoms with van der Waals surface area (Å²) >= 11 is 6.11. The van der Waals surface area contributed by atoms with E-state index in [-0.39, 0.29) is 23.0 Å². The highest BCUT2D eigenvalue weighted by Gasteiger charge is 2.23. The molecule has 29 heavy (non-hydrogen) atoms. The van der Waals surface area contributed by atoms with E-state index < -0.39 is 11.9 Å². The molecule has 4 rings (SSSR count). The molecule has 2 heterocycles. The SMILES string of the molecule is O=C(O)c1cccc(CNc2nc(Cl)nc3c2ncn3C2CCCC2)c1C(=O)O. The molecule has 150 valence electrons. The van der Waals surface area contributed by atoms with Crippen molar-refractivity contribution in [2.75, 3.05) is 5.32 Å². The number of aromatic carboxylic acids is 2. The summed E-state index contributed by atoms with van der Waals surface area (Å²) in [5.41, 5.74) is 0.939. The molecule has 0 saturated heterocycles. The molecule has 10 heteroatoms. The number of anilines is 1. The number of imidazole rings is 1. The summed E-state index contributed by atoms with van der Waals surface area (Å²) in [4.78, 5) is 35.9. The first-order valence-electron chi connectivity index (χ1n) is 9.18. The standard InChI is InChI=1S/C19H18ClN5O4/c20-19-23-15(14-16(24-19)25(9-22-14)11-5-1-2-6-11)21-8-10-4-3-7-12(17(26)27)13(10)18(28)29/h3-4,7,9,11H,1-2,5-6,8H2,(H,26,27)(H,28,29)(H,21,23,24). The predicted molar refractivity (Wildman–Crippen MR) is 106 cm³/mol. The van der Waals surface area contributed by atoms with Crippen molar-refractivity contribution in [2.45, 2.75) is 38.3 Å². The van der Waals surface area contributed by atoms with Crippen molar-refractivity contribution < 1.29 is 19.8 Å². The van der Waals surface area contributed by atoms with Gasteiger partial charge in [0, 0.05) is 12.6 Å². The number of benzene rings is 1. The second-order valence-electron chi connectivity index (χ2n) is 6.91. The van der Waals surface area contributed by atoms with Crippen LogP contribution in [0.15, 0.2) is 24.5 Å². The van der Waals surface area contributed by atoms with Crippen molar-refractivity contribution in [2.24, 2.45) is 0 Å². The quantitative estimate of drug-likeness (QED) is 0.520. The third-order valence-corrected chi connectivity index (χ3v) is 5.32. The summed E-state index contributed by atoms with van der Waals surface area (Å²) in [5, 5.41) is 21.8. The Morgan fingerprint density at radius 1 is 1.17 bits per heavy atom. The first-order chi connectivity index (χ1) is 14.0. The fourth-order valence-corrected chi connectivity index (χ4v) is 3.98. The minimum absolute atomic E-state index is 0.0431. The Bertz CT molecular complexity index is 1110. The highest BCUT2D eigenvalue weighted by atomic mass is 35.5. The third-order valence-electron chi connectivity index (χ3n) is 5.15. The van der Waals surface area contributed by atoms with Crippen molar-refractivity contribution in [3.05, 3.63) is 46.5 Å². The lowest BCUT2D eigenvalue weighted by molar-refractivity contribution is 0.0650. The first-order valence-corrected chi connectivity index (χ1v) is 9.56. The number of carboxylic acids is 2. The van der Waals surface area contributed by atoms with E-state index in [1.807, 2.05) is 4.57 Å². The number of rotatable bonds is 6. The largest absolute Gasteiger partial charge is 0.478 e. The van der Waals surface area contributed by atoms with Gasteiger partial charge in [0.2, 0.25) is 5.28 Å². The zero-order chi connectivity index (χ0) is 20.5. The molecular formula is C19H18ClN5O4. The molecule has 2 aromatic heterocycles. The van der Waals surface area contributed by atoms with Gasteiger partial charge in [0.25, 0.3) is 0 Å². The van der Waals surface area contributed by atoms with Gasteiger partial charge < -0.3 is 20.1 Å².